The van der Waals surface area contributed by atoms with E-state index in [2.05, 4.69) is 40.0 Å². The van der Waals surface area contributed by atoms with E-state index >= 15 is 0 Å². The third kappa shape index (κ3) is 5.42. The van der Waals surface area contributed by atoms with Crippen molar-refractivity contribution in [2.45, 2.75) is 44.7 Å². The maximum Gasteiger partial charge on any atom is 0.254 e. The molecule has 0 saturated carbocycles. The number of carbonyl (C=O) groups excluding carboxylic acids is 1. The molecule has 0 aliphatic carbocycles. The Labute approximate surface area is 218 Å². The molecule has 1 N–H and O–H groups in total. The number of unbranched alkanes of at least 4 members (excludes halogenated alkanes) is 1. The maximum atomic E-state index is 13.8. The zero-order valence-corrected chi connectivity index (χ0v) is 21.3. The van der Waals surface area contributed by atoms with Crippen LogP contribution in [0.15, 0.2) is 79.3 Å². The van der Waals surface area contributed by atoms with Crippen molar-refractivity contribution in [1.29, 1.82) is 5.26 Å². The summed E-state index contributed by atoms with van der Waals surface area (Å²) in [4.78, 5) is 26.0. The van der Waals surface area contributed by atoms with Gasteiger partial charge in [0.05, 0.1) is 29.7 Å². The number of rotatable bonds is 8. The molecule has 1 aliphatic rings. The molecule has 1 saturated heterocycles. The molecule has 6 nitrogen and oxygen atoms in total. The fraction of sp³-hybridized carbons (Fsp3) is 0.323. The number of H-pyrrole nitrogens is 1. The van der Waals surface area contributed by atoms with Crippen molar-refractivity contribution in [3.63, 3.8) is 0 Å². The van der Waals surface area contributed by atoms with Gasteiger partial charge in [-0.2, -0.15) is 5.26 Å². The van der Waals surface area contributed by atoms with Crippen LogP contribution in [0, 0.1) is 11.3 Å². The van der Waals surface area contributed by atoms with E-state index in [9.17, 15) is 10.1 Å². The zero-order valence-electron chi connectivity index (χ0n) is 21.3. The smallest absolute Gasteiger partial charge is 0.254 e. The lowest BCUT2D eigenvalue weighted by molar-refractivity contribution is 0.0277. The molecule has 2 heterocycles. The number of nitriles is 1. The molecule has 2 unspecified atom stereocenters. The number of hydrogen-bond acceptors (Lipinski definition) is 4. The standard InChI is InChI=1S/C31H33N5O/c1-2-3-9-26-21-35(31(37)28-11-6-8-25-7-4-5-10-27(25)28)16-17-36(26)30(29-20-33-22-34-29)18-23-12-14-24(19-32)15-13-23/h4-8,10-15,20,22,26,30H,2-3,9,16-18,21H2,1H3,(H,33,34). The predicted molar refractivity (Wildman–Crippen MR) is 146 cm³/mol. The van der Waals surface area contributed by atoms with Crippen LogP contribution in [0.4, 0.5) is 0 Å². The van der Waals surface area contributed by atoms with Crippen molar-refractivity contribution in [3.8, 4) is 6.07 Å². The van der Waals surface area contributed by atoms with Crippen LogP contribution in [0.3, 0.4) is 0 Å². The molecule has 188 valence electrons. The number of nitrogens with one attached hydrogen (secondary N) is 1. The maximum absolute atomic E-state index is 13.8. The second-order valence-electron chi connectivity index (χ2n) is 9.85. The summed E-state index contributed by atoms with van der Waals surface area (Å²) in [5.41, 5.74) is 3.72. The lowest BCUT2D eigenvalue weighted by atomic mass is 9.95. The van der Waals surface area contributed by atoms with Gasteiger partial charge in [0.25, 0.3) is 5.91 Å². The van der Waals surface area contributed by atoms with E-state index in [1.807, 2.05) is 65.7 Å². The highest BCUT2D eigenvalue weighted by molar-refractivity contribution is 6.07. The van der Waals surface area contributed by atoms with Crippen molar-refractivity contribution < 1.29 is 4.79 Å². The molecule has 0 bridgehead atoms. The number of nitrogens with zero attached hydrogens (tertiary/aromatic N) is 4. The Morgan fingerprint density at radius 3 is 2.68 bits per heavy atom. The van der Waals surface area contributed by atoms with E-state index in [1.54, 1.807) is 6.33 Å². The highest BCUT2D eigenvalue weighted by atomic mass is 16.2. The summed E-state index contributed by atoms with van der Waals surface area (Å²) in [5, 5.41) is 11.3. The Hall–Kier alpha value is -3.95. The minimum absolute atomic E-state index is 0.114. The molecule has 2 atom stereocenters. The van der Waals surface area contributed by atoms with E-state index in [1.165, 1.54) is 5.56 Å². The highest BCUT2D eigenvalue weighted by Gasteiger charge is 2.35. The number of aromatic amines is 1. The Kier molecular flexibility index (Phi) is 7.62. The summed E-state index contributed by atoms with van der Waals surface area (Å²) in [6, 6.07) is 24.5. The van der Waals surface area contributed by atoms with E-state index in [0.717, 1.165) is 54.3 Å². The number of aromatic nitrogens is 2. The Balaban J connectivity index is 1.41. The van der Waals surface area contributed by atoms with Gasteiger partial charge < -0.3 is 9.88 Å². The summed E-state index contributed by atoms with van der Waals surface area (Å²) >= 11 is 0. The molecule has 3 aromatic carbocycles. The Morgan fingerprint density at radius 1 is 1.11 bits per heavy atom. The summed E-state index contributed by atoms with van der Waals surface area (Å²) in [6.45, 7) is 4.41. The van der Waals surface area contributed by atoms with Crippen LogP contribution in [0.2, 0.25) is 0 Å². The van der Waals surface area contributed by atoms with Crippen LogP contribution in [0.1, 0.15) is 59.4 Å². The SMILES string of the molecule is CCCCC1CN(C(=O)c2cccc3ccccc23)CCN1C(Cc1ccc(C#N)cc1)c1cnc[nH]1. The minimum Gasteiger partial charge on any atom is -0.347 e. The summed E-state index contributed by atoms with van der Waals surface area (Å²) in [5.74, 6) is 0.114. The number of imidazole rings is 1. The average molecular weight is 492 g/mol. The molecule has 4 aromatic rings. The van der Waals surface area contributed by atoms with Crippen molar-refractivity contribution in [3.05, 3.63) is 102 Å². The predicted octanol–water partition coefficient (Wildman–Crippen LogP) is 5.74. The van der Waals surface area contributed by atoms with Crippen LogP contribution < -0.4 is 0 Å². The molecular formula is C31H33N5O. The topological polar surface area (TPSA) is 76.0 Å². The first-order valence-corrected chi connectivity index (χ1v) is 13.2. The summed E-state index contributed by atoms with van der Waals surface area (Å²) in [7, 11) is 0. The Bertz CT molecular complexity index is 1370. The van der Waals surface area contributed by atoms with Gasteiger partial charge >= 0.3 is 0 Å². The third-order valence-corrected chi connectivity index (χ3v) is 7.52. The van der Waals surface area contributed by atoms with E-state index in [-0.39, 0.29) is 18.0 Å². The third-order valence-electron chi connectivity index (χ3n) is 7.52. The second kappa shape index (κ2) is 11.4. The van der Waals surface area contributed by atoms with Gasteiger partial charge in [0.2, 0.25) is 0 Å². The fourth-order valence-electron chi connectivity index (χ4n) is 5.54. The van der Waals surface area contributed by atoms with Crippen LogP contribution in [-0.2, 0) is 6.42 Å². The first-order chi connectivity index (χ1) is 18.2. The molecule has 1 amide bonds. The van der Waals surface area contributed by atoms with Crippen molar-refractivity contribution in [1.82, 2.24) is 19.8 Å². The zero-order chi connectivity index (χ0) is 25.6. The first-order valence-electron chi connectivity index (χ1n) is 13.2. The van der Waals surface area contributed by atoms with Crippen LogP contribution in [0.5, 0.6) is 0 Å². The molecule has 1 aliphatic heterocycles. The molecule has 6 heteroatoms. The summed E-state index contributed by atoms with van der Waals surface area (Å²) in [6.07, 6.45) is 7.74. The van der Waals surface area contributed by atoms with E-state index in [0.29, 0.717) is 18.7 Å². The van der Waals surface area contributed by atoms with Gasteiger partial charge in [0.1, 0.15) is 0 Å². The van der Waals surface area contributed by atoms with Gasteiger partial charge in [0.15, 0.2) is 0 Å². The van der Waals surface area contributed by atoms with Crippen molar-refractivity contribution in [2.24, 2.45) is 0 Å². The number of carbonyl (C=O) groups is 1. The summed E-state index contributed by atoms with van der Waals surface area (Å²) < 4.78 is 0. The molecule has 5 rings (SSSR count). The number of amides is 1. The van der Waals surface area contributed by atoms with Crippen molar-refractivity contribution in [2.75, 3.05) is 19.6 Å². The lowest BCUT2D eigenvalue weighted by Crippen LogP contribution is -2.56. The molecule has 37 heavy (non-hydrogen) atoms. The minimum atomic E-state index is 0.114. The molecular weight excluding hydrogens is 458 g/mol. The number of benzene rings is 3. The van der Waals surface area contributed by atoms with Crippen LogP contribution in [0.25, 0.3) is 10.8 Å². The van der Waals surface area contributed by atoms with Gasteiger partial charge in [-0.15, -0.1) is 0 Å². The Morgan fingerprint density at radius 2 is 1.92 bits per heavy atom. The molecule has 1 aromatic heterocycles. The molecule has 0 radical (unpaired) electrons. The van der Waals surface area contributed by atoms with Crippen LogP contribution in [-0.4, -0.2) is 51.4 Å². The highest BCUT2D eigenvalue weighted by Crippen LogP contribution is 2.31. The fourth-order valence-corrected chi connectivity index (χ4v) is 5.54. The largest absolute Gasteiger partial charge is 0.347 e. The van der Waals surface area contributed by atoms with E-state index < -0.39 is 0 Å². The number of fused-ring (bicyclic) bond motifs is 1. The number of hydrogen-bond donors (Lipinski definition) is 1. The second-order valence-corrected chi connectivity index (χ2v) is 9.85. The van der Waals surface area contributed by atoms with Crippen LogP contribution >= 0.6 is 0 Å². The number of piperazine rings is 1. The molecule has 0 spiro atoms. The normalized spacial score (nSPS) is 17.0. The lowest BCUT2D eigenvalue weighted by Gasteiger charge is -2.45. The van der Waals surface area contributed by atoms with Crippen molar-refractivity contribution >= 4 is 16.7 Å². The van der Waals surface area contributed by atoms with Gasteiger partial charge in [-0.3, -0.25) is 9.69 Å². The van der Waals surface area contributed by atoms with Gasteiger partial charge in [0, 0.05) is 37.4 Å². The quantitative estimate of drug-likeness (QED) is 0.341. The molecule has 1 fully saturated rings. The van der Waals surface area contributed by atoms with Gasteiger partial charge in [-0.25, -0.2) is 4.98 Å². The first kappa shape index (κ1) is 24.7. The van der Waals surface area contributed by atoms with Gasteiger partial charge in [-0.05, 0) is 47.4 Å². The monoisotopic (exact) mass is 491 g/mol. The van der Waals surface area contributed by atoms with Gasteiger partial charge in [-0.1, -0.05) is 68.3 Å². The average Bonchev–Trinajstić information content (AvgIpc) is 3.49. The van der Waals surface area contributed by atoms with E-state index in [4.69, 9.17) is 0 Å².